The molecule has 2 aromatic carbocycles. The van der Waals surface area contributed by atoms with Gasteiger partial charge in [0.25, 0.3) is 0 Å². The first-order valence-electron chi connectivity index (χ1n) is 11.5. The minimum atomic E-state index is -1.13. The number of H-pyrrole nitrogens is 1. The van der Waals surface area contributed by atoms with Gasteiger partial charge in [0, 0.05) is 30.3 Å². The van der Waals surface area contributed by atoms with E-state index in [1.807, 2.05) is 36.4 Å². The zero-order valence-corrected chi connectivity index (χ0v) is 19.6. The fourth-order valence-corrected chi connectivity index (χ4v) is 4.46. The average Bonchev–Trinajstić information content (AvgIpc) is 3.46. The molecule has 9 heteroatoms. The monoisotopic (exact) mass is 476 g/mol. The van der Waals surface area contributed by atoms with Gasteiger partial charge in [-0.05, 0) is 36.1 Å². The Labute approximate surface area is 203 Å². The molecule has 0 unspecified atom stereocenters. The molecule has 35 heavy (non-hydrogen) atoms. The van der Waals surface area contributed by atoms with E-state index < -0.39 is 30.6 Å². The van der Waals surface area contributed by atoms with Crippen molar-refractivity contribution < 1.29 is 24.2 Å². The number of carbonyl (C=O) groups excluding carboxylic acids is 2. The number of imidazole rings is 1. The van der Waals surface area contributed by atoms with E-state index in [0.29, 0.717) is 5.69 Å². The molecule has 0 saturated carbocycles. The fourth-order valence-electron chi connectivity index (χ4n) is 4.46. The van der Waals surface area contributed by atoms with Crippen molar-refractivity contribution in [1.82, 2.24) is 20.2 Å². The van der Waals surface area contributed by atoms with Gasteiger partial charge in [-0.2, -0.15) is 0 Å². The van der Waals surface area contributed by atoms with Gasteiger partial charge >= 0.3 is 12.1 Å². The van der Waals surface area contributed by atoms with E-state index in [9.17, 15) is 19.5 Å². The minimum Gasteiger partial charge on any atom is -0.480 e. The van der Waals surface area contributed by atoms with Crippen molar-refractivity contribution in [3.05, 3.63) is 77.9 Å². The third kappa shape index (κ3) is 5.34. The van der Waals surface area contributed by atoms with Crippen LogP contribution in [0.3, 0.4) is 0 Å². The summed E-state index contributed by atoms with van der Waals surface area (Å²) < 4.78 is 5.60. The van der Waals surface area contributed by atoms with E-state index in [1.54, 1.807) is 20.0 Å². The van der Waals surface area contributed by atoms with E-state index in [1.165, 1.54) is 11.2 Å². The Bertz CT molecular complexity index is 1160. The molecule has 182 valence electrons. The number of ether oxygens (including phenoxy) is 1. The van der Waals surface area contributed by atoms with Gasteiger partial charge < -0.3 is 25.0 Å². The summed E-state index contributed by atoms with van der Waals surface area (Å²) in [6.07, 6.45) is 2.40. The summed E-state index contributed by atoms with van der Waals surface area (Å²) >= 11 is 0. The molecule has 0 fully saturated rings. The molecule has 2 amide bonds. The molecule has 1 aliphatic rings. The first-order chi connectivity index (χ1) is 16.8. The van der Waals surface area contributed by atoms with E-state index in [4.69, 9.17) is 4.74 Å². The first-order valence-corrected chi connectivity index (χ1v) is 11.5. The number of hydrogen-bond acceptors (Lipinski definition) is 5. The zero-order chi connectivity index (χ0) is 24.9. The molecule has 0 aliphatic heterocycles. The van der Waals surface area contributed by atoms with Crippen LogP contribution in [-0.2, 0) is 20.7 Å². The summed E-state index contributed by atoms with van der Waals surface area (Å²) in [6.45, 7) is 3.08. The molecule has 4 rings (SSSR count). The Kier molecular flexibility index (Phi) is 7.14. The van der Waals surface area contributed by atoms with Crippen molar-refractivity contribution in [2.24, 2.45) is 0 Å². The van der Waals surface area contributed by atoms with Crippen LogP contribution < -0.4 is 5.32 Å². The summed E-state index contributed by atoms with van der Waals surface area (Å²) in [4.78, 5) is 45.5. The number of carbonyl (C=O) groups is 3. The molecule has 3 aromatic rings. The van der Waals surface area contributed by atoms with Gasteiger partial charge in [0.2, 0.25) is 5.91 Å². The third-order valence-corrected chi connectivity index (χ3v) is 6.12. The van der Waals surface area contributed by atoms with Gasteiger partial charge in [0.05, 0.1) is 6.33 Å². The topological polar surface area (TPSA) is 125 Å². The van der Waals surface area contributed by atoms with Crippen molar-refractivity contribution in [2.75, 3.05) is 13.2 Å². The molecular formula is C26H28N4O5. The SMILES string of the molecule is CC(C)N(CC(=O)O)C(=O)[C@@H](Cc1cnc[nH]1)NC(=O)OCC1c2ccccc2-c2ccccc21. The van der Waals surface area contributed by atoms with E-state index in [0.717, 1.165) is 22.3 Å². The number of rotatable bonds is 9. The standard InChI is InChI=1S/C26H28N4O5/c1-16(2)30(13-24(31)32)25(33)23(11-17-12-27-15-28-17)29-26(34)35-14-22-20-9-5-3-7-18(20)19-8-4-6-10-21(19)22/h3-10,12,15-16,22-23H,11,13-14H2,1-2H3,(H,27,28)(H,29,34)(H,31,32)/t23-/m1/s1. The highest BCUT2D eigenvalue weighted by atomic mass is 16.5. The number of carboxylic acid groups (broad SMARTS) is 1. The minimum absolute atomic E-state index is 0.105. The molecule has 0 spiro atoms. The van der Waals surface area contributed by atoms with Gasteiger partial charge in [0.1, 0.15) is 19.2 Å². The van der Waals surface area contributed by atoms with Crippen LogP contribution in [0.15, 0.2) is 61.1 Å². The van der Waals surface area contributed by atoms with Gasteiger partial charge in [-0.1, -0.05) is 48.5 Å². The number of fused-ring (bicyclic) bond motifs is 3. The van der Waals surface area contributed by atoms with Gasteiger partial charge in [0.15, 0.2) is 0 Å². The average molecular weight is 477 g/mol. The zero-order valence-electron chi connectivity index (χ0n) is 19.6. The van der Waals surface area contributed by atoms with Crippen LogP contribution in [0.4, 0.5) is 4.79 Å². The van der Waals surface area contributed by atoms with Crippen LogP contribution >= 0.6 is 0 Å². The van der Waals surface area contributed by atoms with Crippen LogP contribution in [0.1, 0.15) is 36.6 Å². The highest BCUT2D eigenvalue weighted by Crippen LogP contribution is 2.44. The van der Waals surface area contributed by atoms with Crippen LogP contribution in [0.25, 0.3) is 11.1 Å². The molecule has 0 bridgehead atoms. The molecule has 0 saturated heterocycles. The van der Waals surface area contributed by atoms with Crippen LogP contribution in [-0.4, -0.2) is 63.2 Å². The lowest BCUT2D eigenvalue weighted by molar-refractivity contribution is -0.146. The Morgan fingerprint density at radius 3 is 2.26 bits per heavy atom. The number of aromatic nitrogens is 2. The number of aromatic amines is 1. The number of nitrogens with one attached hydrogen (secondary N) is 2. The third-order valence-electron chi connectivity index (χ3n) is 6.12. The normalized spacial score (nSPS) is 13.1. The molecule has 1 aromatic heterocycles. The lowest BCUT2D eigenvalue weighted by Gasteiger charge is -2.29. The highest BCUT2D eigenvalue weighted by Gasteiger charge is 2.32. The van der Waals surface area contributed by atoms with Crippen LogP contribution in [0.5, 0.6) is 0 Å². The molecule has 9 nitrogen and oxygen atoms in total. The molecule has 0 radical (unpaired) electrons. The number of nitrogens with zero attached hydrogens (tertiary/aromatic N) is 2. The lowest BCUT2D eigenvalue weighted by Crippen LogP contribution is -2.53. The lowest BCUT2D eigenvalue weighted by atomic mass is 9.98. The Morgan fingerprint density at radius 1 is 1.09 bits per heavy atom. The molecule has 1 heterocycles. The highest BCUT2D eigenvalue weighted by molar-refractivity contribution is 5.88. The van der Waals surface area contributed by atoms with Crippen molar-refractivity contribution in [3.63, 3.8) is 0 Å². The number of aliphatic carboxylic acids is 1. The van der Waals surface area contributed by atoms with Gasteiger partial charge in [-0.25, -0.2) is 9.78 Å². The summed E-state index contributed by atoms with van der Waals surface area (Å²) in [5.41, 5.74) is 5.02. The Morgan fingerprint density at radius 2 is 1.71 bits per heavy atom. The second-order valence-corrected chi connectivity index (χ2v) is 8.76. The van der Waals surface area contributed by atoms with E-state index in [2.05, 4.69) is 27.4 Å². The Balaban J connectivity index is 1.48. The van der Waals surface area contributed by atoms with Crippen molar-refractivity contribution >= 4 is 18.0 Å². The maximum absolute atomic E-state index is 13.2. The first kappa shape index (κ1) is 24.0. The smallest absolute Gasteiger partial charge is 0.407 e. The second-order valence-electron chi connectivity index (χ2n) is 8.76. The Hall–Kier alpha value is -4.14. The number of carboxylic acids is 1. The second kappa shape index (κ2) is 10.4. The van der Waals surface area contributed by atoms with Crippen molar-refractivity contribution in [3.8, 4) is 11.1 Å². The number of benzene rings is 2. The molecule has 1 aliphatic carbocycles. The number of hydrogen-bond donors (Lipinski definition) is 3. The van der Waals surface area contributed by atoms with Gasteiger partial charge in [-0.3, -0.25) is 9.59 Å². The number of amides is 2. The van der Waals surface area contributed by atoms with E-state index in [-0.39, 0.29) is 25.0 Å². The molecule has 1 atom stereocenters. The quantitative estimate of drug-likeness (QED) is 0.436. The fraction of sp³-hybridized carbons (Fsp3) is 0.308. The predicted octanol–water partition coefficient (Wildman–Crippen LogP) is 3.18. The van der Waals surface area contributed by atoms with E-state index >= 15 is 0 Å². The van der Waals surface area contributed by atoms with Gasteiger partial charge in [-0.15, -0.1) is 0 Å². The van der Waals surface area contributed by atoms with Crippen molar-refractivity contribution in [2.45, 2.75) is 38.3 Å². The maximum Gasteiger partial charge on any atom is 0.407 e. The number of alkyl carbamates (subject to hydrolysis) is 1. The van der Waals surface area contributed by atoms with Crippen molar-refractivity contribution in [1.29, 1.82) is 0 Å². The molecular weight excluding hydrogens is 448 g/mol. The predicted molar refractivity (Wildman–Crippen MR) is 129 cm³/mol. The maximum atomic E-state index is 13.2. The summed E-state index contributed by atoms with van der Waals surface area (Å²) in [5.74, 6) is -1.76. The summed E-state index contributed by atoms with van der Waals surface area (Å²) in [6, 6.07) is 14.6. The summed E-state index contributed by atoms with van der Waals surface area (Å²) in [7, 11) is 0. The largest absolute Gasteiger partial charge is 0.480 e. The van der Waals surface area contributed by atoms with Crippen LogP contribution in [0.2, 0.25) is 0 Å². The molecule has 3 N–H and O–H groups in total. The van der Waals surface area contributed by atoms with Crippen LogP contribution in [0, 0.1) is 0 Å². The summed E-state index contributed by atoms with van der Waals surface area (Å²) in [5, 5.41) is 11.9.